The van der Waals surface area contributed by atoms with Crippen LogP contribution in [0, 0.1) is 6.92 Å². The van der Waals surface area contributed by atoms with E-state index in [0.717, 1.165) is 23.2 Å². The highest BCUT2D eigenvalue weighted by molar-refractivity contribution is 7.15. The van der Waals surface area contributed by atoms with Crippen molar-refractivity contribution in [2.45, 2.75) is 46.3 Å². The Balaban J connectivity index is 1.97. The molecule has 2 rings (SSSR count). The molecule has 0 radical (unpaired) electrons. The number of hydrogen-bond donors (Lipinski definition) is 0. The van der Waals surface area contributed by atoms with Gasteiger partial charge in [-0.2, -0.15) is 0 Å². The highest BCUT2D eigenvalue weighted by Gasteiger charge is 2.31. The van der Waals surface area contributed by atoms with Gasteiger partial charge in [0.2, 0.25) is 5.13 Å². The van der Waals surface area contributed by atoms with Crippen LogP contribution < -0.4 is 4.90 Å². The third-order valence-corrected chi connectivity index (χ3v) is 3.94. The number of anilines is 1. The smallest absolute Gasteiger partial charge is 0.410 e. The highest BCUT2D eigenvalue weighted by atomic mass is 32.1. The van der Waals surface area contributed by atoms with Crippen LogP contribution in [0.15, 0.2) is 0 Å². The van der Waals surface area contributed by atoms with Gasteiger partial charge < -0.3 is 14.5 Å². The van der Waals surface area contributed by atoms with Crippen molar-refractivity contribution >= 4 is 22.6 Å². The number of carbonyl (C=O) groups excluding carboxylic acids is 1. The van der Waals surface area contributed by atoms with E-state index in [1.54, 1.807) is 16.2 Å². The predicted octanol–water partition coefficient (Wildman–Crippen LogP) is 2.29. The van der Waals surface area contributed by atoms with E-state index < -0.39 is 5.60 Å². The van der Waals surface area contributed by atoms with Crippen molar-refractivity contribution in [3.8, 4) is 0 Å². The minimum atomic E-state index is -0.454. The summed E-state index contributed by atoms with van der Waals surface area (Å²) >= 11 is 1.58. The zero-order valence-corrected chi connectivity index (χ0v) is 13.5. The Morgan fingerprint density at radius 2 is 2.05 bits per heavy atom. The number of aromatic nitrogens is 2. The standard InChI is InChI=1S/C13H22N4O2S/c1-9-8-16(11-15-14-10(2)20-11)6-7-17(9)12(18)19-13(3,4)5/h9H,6-8H2,1-5H3. The Morgan fingerprint density at radius 3 is 2.55 bits per heavy atom. The molecule has 20 heavy (non-hydrogen) atoms. The number of aryl methyl sites for hydroxylation is 1. The summed E-state index contributed by atoms with van der Waals surface area (Å²) in [5.41, 5.74) is -0.454. The van der Waals surface area contributed by atoms with Crippen LogP contribution in [0.2, 0.25) is 0 Å². The summed E-state index contributed by atoms with van der Waals surface area (Å²) in [4.78, 5) is 16.1. The fourth-order valence-electron chi connectivity index (χ4n) is 2.14. The number of ether oxygens (including phenoxy) is 1. The van der Waals surface area contributed by atoms with E-state index in [0.29, 0.717) is 6.54 Å². The van der Waals surface area contributed by atoms with Crippen LogP contribution in [-0.4, -0.2) is 52.5 Å². The number of piperazine rings is 1. The first kappa shape index (κ1) is 15.0. The van der Waals surface area contributed by atoms with Crippen molar-refractivity contribution in [1.82, 2.24) is 15.1 Å². The van der Waals surface area contributed by atoms with Crippen molar-refractivity contribution in [3.05, 3.63) is 5.01 Å². The second kappa shape index (κ2) is 5.55. The van der Waals surface area contributed by atoms with Crippen LogP contribution in [0.3, 0.4) is 0 Å². The largest absolute Gasteiger partial charge is 0.444 e. The number of amides is 1. The SMILES string of the molecule is Cc1nnc(N2CCN(C(=O)OC(C)(C)C)C(C)C2)s1. The summed E-state index contributed by atoms with van der Waals surface area (Å²) in [6, 6.07) is 0.0998. The Hall–Kier alpha value is -1.37. The first-order valence-corrected chi connectivity index (χ1v) is 7.62. The van der Waals surface area contributed by atoms with Gasteiger partial charge in [0.1, 0.15) is 10.6 Å². The fraction of sp³-hybridized carbons (Fsp3) is 0.769. The molecule has 0 aliphatic carbocycles. The maximum absolute atomic E-state index is 12.1. The van der Waals surface area contributed by atoms with Crippen molar-refractivity contribution in [2.75, 3.05) is 24.5 Å². The summed E-state index contributed by atoms with van der Waals surface area (Å²) in [5.74, 6) is 0. The fourth-order valence-corrected chi connectivity index (χ4v) is 2.86. The molecule has 7 heteroatoms. The summed E-state index contributed by atoms with van der Waals surface area (Å²) < 4.78 is 5.44. The van der Waals surface area contributed by atoms with Gasteiger partial charge in [-0.25, -0.2) is 4.79 Å². The molecule has 1 atom stereocenters. The lowest BCUT2D eigenvalue weighted by molar-refractivity contribution is 0.0159. The van der Waals surface area contributed by atoms with Crippen molar-refractivity contribution in [2.24, 2.45) is 0 Å². The van der Waals surface area contributed by atoms with Gasteiger partial charge in [0.05, 0.1) is 0 Å². The monoisotopic (exact) mass is 298 g/mol. The lowest BCUT2D eigenvalue weighted by Crippen LogP contribution is -2.55. The van der Waals surface area contributed by atoms with E-state index in [9.17, 15) is 4.79 Å². The van der Waals surface area contributed by atoms with E-state index >= 15 is 0 Å². The molecule has 0 spiro atoms. The van der Waals surface area contributed by atoms with Crippen molar-refractivity contribution in [3.63, 3.8) is 0 Å². The minimum absolute atomic E-state index is 0.0998. The minimum Gasteiger partial charge on any atom is -0.444 e. The summed E-state index contributed by atoms with van der Waals surface area (Å²) in [7, 11) is 0. The highest BCUT2D eigenvalue weighted by Crippen LogP contribution is 2.23. The molecule has 1 unspecified atom stereocenters. The molecular formula is C13H22N4O2S. The molecule has 2 heterocycles. The summed E-state index contributed by atoms with van der Waals surface area (Å²) in [6.07, 6.45) is -0.238. The van der Waals surface area contributed by atoms with Gasteiger partial charge in [0.15, 0.2) is 0 Å². The summed E-state index contributed by atoms with van der Waals surface area (Å²) in [6.45, 7) is 11.8. The van der Waals surface area contributed by atoms with Crippen LogP contribution in [0.4, 0.5) is 9.93 Å². The molecule has 0 bridgehead atoms. The second-order valence-corrected chi connectivity index (χ2v) is 7.23. The lowest BCUT2D eigenvalue weighted by Gasteiger charge is -2.39. The molecule has 0 aromatic carbocycles. The molecule has 6 nitrogen and oxygen atoms in total. The van der Waals surface area contributed by atoms with Crippen molar-refractivity contribution in [1.29, 1.82) is 0 Å². The van der Waals surface area contributed by atoms with Crippen LogP contribution in [0.25, 0.3) is 0 Å². The normalized spacial score (nSPS) is 20.1. The van der Waals surface area contributed by atoms with Crippen LogP contribution in [0.5, 0.6) is 0 Å². The van der Waals surface area contributed by atoms with Gasteiger partial charge in [0.25, 0.3) is 0 Å². The average Bonchev–Trinajstić information content (AvgIpc) is 2.73. The van der Waals surface area contributed by atoms with Crippen LogP contribution in [0.1, 0.15) is 32.7 Å². The molecule has 1 aliphatic rings. The average molecular weight is 298 g/mol. The van der Waals surface area contributed by atoms with Gasteiger partial charge in [-0.15, -0.1) is 10.2 Å². The predicted molar refractivity (Wildman–Crippen MR) is 79.3 cm³/mol. The Morgan fingerprint density at radius 1 is 1.35 bits per heavy atom. The Bertz CT molecular complexity index is 483. The third-order valence-electron chi connectivity index (χ3n) is 3.04. The van der Waals surface area contributed by atoms with E-state index in [-0.39, 0.29) is 12.1 Å². The van der Waals surface area contributed by atoms with Crippen LogP contribution in [-0.2, 0) is 4.74 Å². The molecule has 1 fully saturated rings. The van der Waals surface area contributed by atoms with Gasteiger partial charge >= 0.3 is 6.09 Å². The zero-order valence-electron chi connectivity index (χ0n) is 12.7. The Labute approximate surface area is 123 Å². The first-order valence-electron chi connectivity index (χ1n) is 6.81. The van der Waals surface area contributed by atoms with E-state index in [2.05, 4.69) is 15.1 Å². The van der Waals surface area contributed by atoms with E-state index in [1.165, 1.54) is 0 Å². The molecular weight excluding hydrogens is 276 g/mol. The topological polar surface area (TPSA) is 58.6 Å². The quantitative estimate of drug-likeness (QED) is 0.796. The van der Waals surface area contributed by atoms with Crippen molar-refractivity contribution < 1.29 is 9.53 Å². The Kier molecular flexibility index (Phi) is 4.17. The number of hydrogen-bond acceptors (Lipinski definition) is 6. The molecule has 0 N–H and O–H groups in total. The lowest BCUT2D eigenvalue weighted by atomic mass is 10.2. The van der Waals surface area contributed by atoms with E-state index in [1.807, 2.05) is 34.6 Å². The number of nitrogens with zero attached hydrogens (tertiary/aromatic N) is 4. The number of rotatable bonds is 1. The van der Waals surface area contributed by atoms with Gasteiger partial charge in [-0.05, 0) is 34.6 Å². The zero-order chi connectivity index (χ0) is 14.9. The maximum Gasteiger partial charge on any atom is 0.410 e. The molecule has 1 amide bonds. The molecule has 1 aromatic rings. The second-order valence-electron chi connectivity index (χ2n) is 6.07. The molecule has 1 aromatic heterocycles. The van der Waals surface area contributed by atoms with Crippen LogP contribution >= 0.6 is 11.3 Å². The maximum atomic E-state index is 12.1. The van der Waals surface area contributed by atoms with Gasteiger partial charge in [-0.3, -0.25) is 0 Å². The first-order chi connectivity index (χ1) is 9.26. The third kappa shape index (κ3) is 3.59. The van der Waals surface area contributed by atoms with Gasteiger partial charge in [0, 0.05) is 25.7 Å². The van der Waals surface area contributed by atoms with E-state index in [4.69, 9.17) is 4.74 Å². The number of carbonyl (C=O) groups is 1. The molecule has 0 saturated carbocycles. The molecule has 112 valence electrons. The molecule has 1 aliphatic heterocycles. The van der Waals surface area contributed by atoms with Gasteiger partial charge in [-0.1, -0.05) is 11.3 Å². The molecule has 1 saturated heterocycles. The summed E-state index contributed by atoms with van der Waals surface area (Å²) in [5, 5.41) is 10.1.